The summed E-state index contributed by atoms with van der Waals surface area (Å²) in [5.41, 5.74) is 0. The predicted octanol–water partition coefficient (Wildman–Crippen LogP) is 1.91. The van der Waals surface area contributed by atoms with E-state index < -0.39 is 0 Å². The number of rotatable bonds is 3. The minimum Gasteiger partial charge on any atom is -0.508 e. The molecule has 0 aliphatic heterocycles. The van der Waals surface area contributed by atoms with E-state index in [-0.39, 0.29) is 11.7 Å². The van der Waals surface area contributed by atoms with Crippen molar-refractivity contribution in [1.29, 1.82) is 0 Å². The second-order valence-corrected chi connectivity index (χ2v) is 2.57. The van der Waals surface area contributed by atoms with Crippen LogP contribution in [0.15, 0.2) is 24.3 Å². The molecule has 0 heterocycles. The number of hydrogen-bond acceptors (Lipinski definition) is 3. The lowest BCUT2D eigenvalue weighted by Crippen LogP contribution is -2.06. The van der Waals surface area contributed by atoms with Gasteiger partial charge in [0.25, 0.3) is 0 Å². The molecule has 69 valence electrons. The van der Waals surface area contributed by atoms with Crippen molar-refractivity contribution in [3.63, 3.8) is 0 Å². The zero-order chi connectivity index (χ0) is 9.68. The van der Waals surface area contributed by atoms with Crippen molar-refractivity contribution < 1.29 is 14.6 Å². The van der Waals surface area contributed by atoms with E-state index in [1.165, 1.54) is 24.3 Å². The lowest BCUT2D eigenvalue weighted by atomic mass is 10.3. The number of benzene rings is 1. The fraction of sp³-hybridized carbons (Fsp3) is 0.200. The summed E-state index contributed by atoms with van der Waals surface area (Å²) in [6, 6.07) is 6.01. The molecule has 1 aromatic rings. The molecular formula is C10H11O3. The van der Waals surface area contributed by atoms with Gasteiger partial charge in [-0.3, -0.25) is 4.79 Å². The number of esters is 1. The first-order chi connectivity index (χ1) is 6.22. The Hall–Kier alpha value is -1.51. The molecule has 1 aromatic carbocycles. The highest BCUT2D eigenvalue weighted by atomic mass is 16.5. The molecule has 0 aliphatic carbocycles. The van der Waals surface area contributed by atoms with Crippen LogP contribution in [-0.2, 0) is 4.79 Å². The Morgan fingerprint density at radius 3 is 2.54 bits per heavy atom. The van der Waals surface area contributed by atoms with Gasteiger partial charge in [0.05, 0.1) is 0 Å². The number of phenols is 1. The van der Waals surface area contributed by atoms with Crippen molar-refractivity contribution in [3.8, 4) is 11.5 Å². The van der Waals surface area contributed by atoms with Gasteiger partial charge in [0.15, 0.2) is 0 Å². The molecule has 1 N–H and O–H groups in total. The minimum absolute atomic E-state index is 0.150. The summed E-state index contributed by atoms with van der Waals surface area (Å²) < 4.78 is 4.92. The Morgan fingerprint density at radius 2 is 2.00 bits per heavy atom. The van der Waals surface area contributed by atoms with Gasteiger partial charge in [-0.15, -0.1) is 0 Å². The number of hydrogen-bond donors (Lipinski definition) is 1. The molecule has 0 aromatic heterocycles. The van der Waals surface area contributed by atoms with Crippen LogP contribution in [0.1, 0.15) is 12.8 Å². The van der Waals surface area contributed by atoms with E-state index in [9.17, 15) is 4.79 Å². The molecular weight excluding hydrogens is 168 g/mol. The first-order valence-electron chi connectivity index (χ1n) is 4.01. The number of carbonyl (C=O) groups is 1. The largest absolute Gasteiger partial charge is 0.508 e. The number of ether oxygens (including phenoxy) is 1. The molecule has 1 radical (unpaired) electrons. The third-order valence-electron chi connectivity index (χ3n) is 1.45. The second-order valence-electron chi connectivity index (χ2n) is 2.57. The van der Waals surface area contributed by atoms with Gasteiger partial charge in [-0.2, -0.15) is 0 Å². The van der Waals surface area contributed by atoms with E-state index in [0.29, 0.717) is 18.6 Å². The first-order valence-corrected chi connectivity index (χ1v) is 4.01. The van der Waals surface area contributed by atoms with Crippen LogP contribution < -0.4 is 4.74 Å². The quantitative estimate of drug-likeness (QED) is 0.569. The highest BCUT2D eigenvalue weighted by Crippen LogP contribution is 2.16. The van der Waals surface area contributed by atoms with E-state index in [1.807, 2.05) is 0 Å². The average Bonchev–Trinajstić information content (AvgIpc) is 2.09. The summed E-state index contributed by atoms with van der Waals surface area (Å²) in [4.78, 5) is 11.0. The van der Waals surface area contributed by atoms with Crippen LogP contribution in [0.3, 0.4) is 0 Å². The van der Waals surface area contributed by atoms with Crippen molar-refractivity contribution >= 4 is 5.97 Å². The van der Waals surface area contributed by atoms with Crippen LogP contribution in [-0.4, -0.2) is 11.1 Å². The molecule has 1 rings (SSSR count). The van der Waals surface area contributed by atoms with Crippen LogP contribution in [0.5, 0.6) is 11.5 Å². The molecule has 0 saturated heterocycles. The lowest BCUT2D eigenvalue weighted by Gasteiger charge is -2.02. The smallest absolute Gasteiger partial charge is 0.311 e. The van der Waals surface area contributed by atoms with E-state index in [4.69, 9.17) is 9.84 Å². The van der Waals surface area contributed by atoms with Crippen molar-refractivity contribution in [1.82, 2.24) is 0 Å². The van der Waals surface area contributed by atoms with Crippen molar-refractivity contribution in [2.45, 2.75) is 12.8 Å². The number of carbonyl (C=O) groups excluding carboxylic acids is 1. The van der Waals surface area contributed by atoms with E-state index in [0.717, 1.165) is 0 Å². The molecule has 0 fully saturated rings. The highest BCUT2D eigenvalue weighted by molar-refractivity contribution is 5.72. The van der Waals surface area contributed by atoms with Gasteiger partial charge in [0.1, 0.15) is 11.5 Å². The molecule has 3 heteroatoms. The SMILES string of the molecule is [CH2]CCC(=O)Oc1ccc(O)cc1. The van der Waals surface area contributed by atoms with Crippen LogP contribution in [0.4, 0.5) is 0 Å². The van der Waals surface area contributed by atoms with E-state index in [2.05, 4.69) is 6.92 Å². The van der Waals surface area contributed by atoms with Crippen molar-refractivity contribution in [2.24, 2.45) is 0 Å². The van der Waals surface area contributed by atoms with Gasteiger partial charge in [0.2, 0.25) is 0 Å². The lowest BCUT2D eigenvalue weighted by molar-refractivity contribution is -0.134. The van der Waals surface area contributed by atoms with Gasteiger partial charge in [-0.25, -0.2) is 0 Å². The monoisotopic (exact) mass is 179 g/mol. The Bertz CT molecular complexity index is 277. The molecule has 0 unspecified atom stereocenters. The van der Waals surface area contributed by atoms with Gasteiger partial charge in [-0.1, -0.05) is 6.92 Å². The maximum Gasteiger partial charge on any atom is 0.311 e. The third kappa shape index (κ3) is 3.15. The molecule has 0 aliphatic rings. The molecule has 0 amide bonds. The Balaban J connectivity index is 2.54. The normalized spacial score (nSPS) is 9.62. The number of aromatic hydroxyl groups is 1. The summed E-state index contributed by atoms with van der Waals surface area (Å²) in [5, 5.41) is 8.94. The summed E-state index contributed by atoms with van der Waals surface area (Å²) in [7, 11) is 0. The molecule has 13 heavy (non-hydrogen) atoms. The fourth-order valence-corrected chi connectivity index (χ4v) is 0.841. The van der Waals surface area contributed by atoms with Crippen molar-refractivity contribution in [2.75, 3.05) is 0 Å². The zero-order valence-corrected chi connectivity index (χ0v) is 7.19. The number of phenolic OH excluding ortho intramolecular Hbond substituents is 1. The summed E-state index contributed by atoms with van der Waals surface area (Å²) >= 11 is 0. The maximum absolute atomic E-state index is 11.0. The molecule has 0 spiro atoms. The highest BCUT2D eigenvalue weighted by Gasteiger charge is 2.02. The standard InChI is InChI=1S/C10H11O3/c1-2-3-10(12)13-9-6-4-8(11)5-7-9/h4-7,11H,1-3H2. The van der Waals surface area contributed by atoms with Crippen LogP contribution in [0.25, 0.3) is 0 Å². The first kappa shape index (κ1) is 9.58. The second kappa shape index (κ2) is 4.50. The maximum atomic E-state index is 11.0. The van der Waals surface area contributed by atoms with Gasteiger partial charge < -0.3 is 9.84 Å². The summed E-state index contributed by atoms with van der Waals surface area (Å²) in [6.07, 6.45) is 0.831. The molecule has 0 atom stereocenters. The summed E-state index contributed by atoms with van der Waals surface area (Å²) in [5.74, 6) is 0.286. The Labute approximate surface area is 77.0 Å². The average molecular weight is 179 g/mol. The predicted molar refractivity (Wildman–Crippen MR) is 48.3 cm³/mol. The molecule has 0 bridgehead atoms. The Morgan fingerprint density at radius 1 is 1.38 bits per heavy atom. The third-order valence-corrected chi connectivity index (χ3v) is 1.45. The topological polar surface area (TPSA) is 46.5 Å². The van der Waals surface area contributed by atoms with E-state index in [1.54, 1.807) is 0 Å². The van der Waals surface area contributed by atoms with Crippen LogP contribution >= 0.6 is 0 Å². The van der Waals surface area contributed by atoms with Gasteiger partial charge in [-0.05, 0) is 30.7 Å². The van der Waals surface area contributed by atoms with E-state index >= 15 is 0 Å². The molecule has 3 nitrogen and oxygen atoms in total. The fourth-order valence-electron chi connectivity index (χ4n) is 0.841. The van der Waals surface area contributed by atoms with Gasteiger partial charge in [0, 0.05) is 6.42 Å². The van der Waals surface area contributed by atoms with Crippen molar-refractivity contribution in [3.05, 3.63) is 31.2 Å². The molecule has 0 saturated carbocycles. The summed E-state index contributed by atoms with van der Waals surface area (Å²) in [6.45, 7) is 3.54. The van der Waals surface area contributed by atoms with Crippen LogP contribution in [0.2, 0.25) is 0 Å². The zero-order valence-electron chi connectivity index (χ0n) is 7.19. The van der Waals surface area contributed by atoms with Crippen LogP contribution in [0, 0.1) is 6.92 Å². The van der Waals surface area contributed by atoms with Gasteiger partial charge >= 0.3 is 5.97 Å². The Kier molecular flexibility index (Phi) is 3.31. The minimum atomic E-state index is -0.305.